The average molecular weight is 250 g/mol. The van der Waals surface area contributed by atoms with E-state index >= 15 is 0 Å². The van der Waals surface area contributed by atoms with Crippen LogP contribution in [0.3, 0.4) is 0 Å². The Bertz CT molecular complexity index is 730. The molecular formula is C16H14N2O. The zero-order valence-electron chi connectivity index (χ0n) is 10.6. The van der Waals surface area contributed by atoms with Gasteiger partial charge in [0.25, 0.3) is 5.91 Å². The average Bonchev–Trinajstić information content (AvgIpc) is 2.96. The molecule has 0 fully saturated rings. The van der Waals surface area contributed by atoms with Crippen molar-refractivity contribution in [1.82, 2.24) is 4.98 Å². The quantitative estimate of drug-likeness (QED) is 0.715. The van der Waals surface area contributed by atoms with Crippen LogP contribution in [0.2, 0.25) is 0 Å². The summed E-state index contributed by atoms with van der Waals surface area (Å²) in [5, 5.41) is 5.16. The van der Waals surface area contributed by atoms with Crippen molar-refractivity contribution in [2.45, 2.75) is 6.92 Å². The number of amides is 1. The molecule has 0 bridgehead atoms. The van der Waals surface area contributed by atoms with Crippen LogP contribution in [0.1, 0.15) is 16.1 Å². The van der Waals surface area contributed by atoms with Gasteiger partial charge in [-0.3, -0.25) is 4.79 Å². The molecule has 0 saturated heterocycles. The minimum Gasteiger partial charge on any atom is -0.357 e. The van der Waals surface area contributed by atoms with E-state index in [-0.39, 0.29) is 5.91 Å². The van der Waals surface area contributed by atoms with Gasteiger partial charge in [-0.05, 0) is 30.0 Å². The van der Waals surface area contributed by atoms with Crippen molar-refractivity contribution >= 4 is 22.4 Å². The van der Waals surface area contributed by atoms with E-state index in [0.717, 1.165) is 22.0 Å². The zero-order valence-corrected chi connectivity index (χ0v) is 10.6. The first-order valence-corrected chi connectivity index (χ1v) is 6.19. The molecule has 1 aromatic heterocycles. The lowest BCUT2D eigenvalue weighted by molar-refractivity contribution is 0.102. The fourth-order valence-corrected chi connectivity index (χ4v) is 2.20. The van der Waals surface area contributed by atoms with Crippen LogP contribution in [0.5, 0.6) is 0 Å². The summed E-state index contributed by atoms with van der Waals surface area (Å²) in [5.74, 6) is -0.121. The topological polar surface area (TPSA) is 44.9 Å². The number of aromatic nitrogens is 1. The van der Waals surface area contributed by atoms with E-state index in [4.69, 9.17) is 0 Å². The van der Waals surface area contributed by atoms with Gasteiger partial charge in [0.2, 0.25) is 0 Å². The number of rotatable bonds is 2. The van der Waals surface area contributed by atoms with E-state index < -0.39 is 0 Å². The van der Waals surface area contributed by atoms with Gasteiger partial charge in [-0.15, -0.1) is 0 Å². The highest BCUT2D eigenvalue weighted by Crippen LogP contribution is 2.27. The predicted molar refractivity (Wildman–Crippen MR) is 77.4 cm³/mol. The van der Waals surface area contributed by atoms with Gasteiger partial charge >= 0.3 is 0 Å². The number of hydrogen-bond acceptors (Lipinski definition) is 1. The third-order valence-electron chi connectivity index (χ3n) is 3.22. The summed E-state index contributed by atoms with van der Waals surface area (Å²) >= 11 is 0. The second-order valence-electron chi connectivity index (χ2n) is 4.52. The molecule has 3 heteroatoms. The molecule has 0 radical (unpaired) electrons. The second-order valence-corrected chi connectivity index (χ2v) is 4.52. The van der Waals surface area contributed by atoms with Crippen LogP contribution in [-0.2, 0) is 0 Å². The number of benzene rings is 2. The van der Waals surface area contributed by atoms with Crippen LogP contribution in [0, 0.1) is 6.92 Å². The molecule has 3 aromatic rings. The van der Waals surface area contributed by atoms with E-state index in [1.165, 1.54) is 0 Å². The standard InChI is InChI=1S/C16H14N2O/c1-11-8-9-12-5-2-3-6-13(12)15(11)18-16(19)14-7-4-10-17-14/h2-10,17H,1H3,(H,18,19). The van der Waals surface area contributed by atoms with E-state index in [9.17, 15) is 4.79 Å². The zero-order chi connectivity index (χ0) is 13.2. The molecule has 2 N–H and O–H groups in total. The Morgan fingerprint density at radius 2 is 1.89 bits per heavy atom. The number of carbonyl (C=O) groups excluding carboxylic acids is 1. The Hall–Kier alpha value is -2.55. The van der Waals surface area contributed by atoms with Crippen molar-refractivity contribution < 1.29 is 4.79 Å². The third-order valence-corrected chi connectivity index (χ3v) is 3.22. The van der Waals surface area contributed by atoms with Crippen molar-refractivity contribution in [1.29, 1.82) is 0 Å². The van der Waals surface area contributed by atoms with Gasteiger partial charge in [0.15, 0.2) is 0 Å². The number of anilines is 1. The van der Waals surface area contributed by atoms with Crippen molar-refractivity contribution in [3.8, 4) is 0 Å². The second kappa shape index (κ2) is 4.61. The van der Waals surface area contributed by atoms with Gasteiger partial charge in [-0.25, -0.2) is 0 Å². The monoisotopic (exact) mass is 250 g/mol. The summed E-state index contributed by atoms with van der Waals surface area (Å²) in [6.07, 6.45) is 1.74. The fraction of sp³-hybridized carbons (Fsp3) is 0.0625. The van der Waals surface area contributed by atoms with E-state index in [2.05, 4.69) is 16.4 Å². The number of carbonyl (C=O) groups is 1. The van der Waals surface area contributed by atoms with Crippen molar-refractivity contribution in [3.63, 3.8) is 0 Å². The van der Waals surface area contributed by atoms with Crippen molar-refractivity contribution in [3.05, 3.63) is 66.0 Å². The summed E-state index contributed by atoms with van der Waals surface area (Å²) < 4.78 is 0. The summed E-state index contributed by atoms with van der Waals surface area (Å²) in [6, 6.07) is 15.7. The molecule has 0 aliphatic heterocycles. The van der Waals surface area contributed by atoms with E-state index in [1.54, 1.807) is 12.3 Å². The number of aryl methyl sites for hydroxylation is 1. The Labute approximate surface area is 111 Å². The number of aromatic amines is 1. The molecule has 2 aromatic carbocycles. The minimum absolute atomic E-state index is 0.121. The number of H-pyrrole nitrogens is 1. The molecule has 0 aliphatic rings. The lowest BCUT2D eigenvalue weighted by atomic mass is 10.0. The van der Waals surface area contributed by atoms with Gasteiger partial charge in [0.1, 0.15) is 5.69 Å². The molecule has 0 aliphatic carbocycles. The van der Waals surface area contributed by atoms with Gasteiger partial charge in [-0.1, -0.05) is 36.4 Å². The summed E-state index contributed by atoms with van der Waals surface area (Å²) in [6.45, 7) is 2.00. The molecular weight excluding hydrogens is 236 g/mol. The van der Waals surface area contributed by atoms with Crippen molar-refractivity contribution in [2.24, 2.45) is 0 Å². The van der Waals surface area contributed by atoms with E-state index in [0.29, 0.717) is 5.69 Å². The Kier molecular flexibility index (Phi) is 2.80. The largest absolute Gasteiger partial charge is 0.357 e. The smallest absolute Gasteiger partial charge is 0.272 e. The first-order valence-electron chi connectivity index (χ1n) is 6.19. The molecule has 0 unspecified atom stereocenters. The Balaban J connectivity index is 2.05. The molecule has 1 amide bonds. The maximum absolute atomic E-state index is 12.1. The van der Waals surface area contributed by atoms with Crippen LogP contribution >= 0.6 is 0 Å². The minimum atomic E-state index is -0.121. The maximum Gasteiger partial charge on any atom is 0.272 e. The number of nitrogens with one attached hydrogen (secondary N) is 2. The SMILES string of the molecule is Cc1ccc2ccccc2c1NC(=O)c1ccc[nH]1. The molecule has 3 nitrogen and oxygen atoms in total. The van der Waals surface area contributed by atoms with Crippen molar-refractivity contribution in [2.75, 3.05) is 5.32 Å². The van der Waals surface area contributed by atoms with Gasteiger partial charge in [0.05, 0.1) is 5.69 Å². The van der Waals surface area contributed by atoms with Crippen LogP contribution in [0.15, 0.2) is 54.7 Å². The van der Waals surface area contributed by atoms with Gasteiger partial charge in [-0.2, -0.15) is 0 Å². The van der Waals surface area contributed by atoms with Gasteiger partial charge in [0, 0.05) is 11.6 Å². The summed E-state index contributed by atoms with van der Waals surface area (Å²) in [5.41, 5.74) is 2.49. The highest BCUT2D eigenvalue weighted by atomic mass is 16.1. The molecule has 19 heavy (non-hydrogen) atoms. The van der Waals surface area contributed by atoms with Gasteiger partial charge < -0.3 is 10.3 Å². The molecule has 0 atom stereocenters. The van der Waals surface area contributed by atoms with Crippen LogP contribution < -0.4 is 5.32 Å². The Morgan fingerprint density at radius 3 is 2.68 bits per heavy atom. The molecule has 3 rings (SSSR count). The van der Waals surface area contributed by atoms with Crippen LogP contribution in [0.25, 0.3) is 10.8 Å². The summed E-state index contributed by atoms with van der Waals surface area (Å²) in [7, 11) is 0. The third kappa shape index (κ3) is 2.10. The summed E-state index contributed by atoms with van der Waals surface area (Å²) in [4.78, 5) is 15.0. The molecule has 1 heterocycles. The highest BCUT2D eigenvalue weighted by molar-refractivity contribution is 6.09. The number of hydrogen-bond donors (Lipinski definition) is 2. The maximum atomic E-state index is 12.1. The molecule has 0 spiro atoms. The van der Waals surface area contributed by atoms with Crippen LogP contribution in [-0.4, -0.2) is 10.9 Å². The Morgan fingerprint density at radius 1 is 1.05 bits per heavy atom. The fourth-order valence-electron chi connectivity index (χ4n) is 2.20. The molecule has 0 saturated carbocycles. The molecule has 94 valence electrons. The first kappa shape index (κ1) is 11.5. The lowest BCUT2D eigenvalue weighted by Crippen LogP contribution is -2.13. The predicted octanol–water partition coefficient (Wildman–Crippen LogP) is 3.73. The highest BCUT2D eigenvalue weighted by Gasteiger charge is 2.10. The lowest BCUT2D eigenvalue weighted by Gasteiger charge is -2.11. The van der Waals surface area contributed by atoms with E-state index in [1.807, 2.05) is 43.3 Å². The first-order chi connectivity index (χ1) is 9.25. The number of fused-ring (bicyclic) bond motifs is 1. The van der Waals surface area contributed by atoms with Crippen LogP contribution in [0.4, 0.5) is 5.69 Å². The normalized spacial score (nSPS) is 10.6.